The van der Waals surface area contributed by atoms with Gasteiger partial charge in [-0.25, -0.2) is 0 Å². The Labute approximate surface area is 149 Å². The molecule has 2 saturated heterocycles. The number of halogens is 1. The average Bonchev–Trinajstić information content (AvgIpc) is 3.10. The first-order chi connectivity index (χ1) is 11.2. The normalized spacial score (nSPS) is 22.0. The Kier molecular flexibility index (Phi) is 7.30. The summed E-state index contributed by atoms with van der Waals surface area (Å²) in [5.74, 6) is 0.788. The van der Waals surface area contributed by atoms with Gasteiger partial charge in [0, 0.05) is 50.5 Å². The average molecular weight is 355 g/mol. The number of carbonyl (C=O) groups is 1. The van der Waals surface area contributed by atoms with Crippen molar-refractivity contribution in [1.82, 2.24) is 15.1 Å². The minimum atomic E-state index is 0. The molecule has 1 atom stereocenters. The van der Waals surface area contributed by atoms with Crippen molar-refractivity contribution < 1.29 is 9.53 Å². The van der Waals surface area contributed by atoms with Crippen LogP contribution in [-0.4, -0.2) is 74.7 Å². The zero-order valence-corrected chi connectivity index (χ0v) is 15.0. The van der Waals surface area contributed by atoms with Gasteiger partial charge < -0.3 is 15.4 Å². The maximum Gasteiger partial charge on any atom is 0.238 e. The molecule has 1 aromatic carbocycles. The fourth-order valence-electron chi connectivity index (χ4n) is 3.34. The zero-order chi connectivity index (χ0) is 16.1. The highest BCUT2D eigenvalue weighted by molar-refractivity contribution is 5.92. The topological polar surface area (TPSA) is 56.8 Å². The Balaban J connectivity index is 0.00000208. The Bertz CT molecular complexity index is 529. The summed E-state index contributed by atoms with van der Waals surface area (Å²) in [6.07, 6.45) is 1.25. The third-order valence-electron chi connectivity index (χ3n) is 4.68. The number of ether oxygens (including phenoxy) is 1. The first-order valence-corrected chi connectivity index (χ1v) is 8.35. The third kappa shape index (κ3) is 5.08. The van der Waals surface area contributed by atoms with Crippen molar-refractivity contribution in [3.05, 3.63) is 24.3 Å². The Hall–Kier alpha value is -1.34. The summed E-state index contributed by atoms with van der Waals surface area (Å²) >= 11 is 0. The van der Waals surface area contributed by atoms with Crippen LogP contribution in [0.1, 0.15) is 6.42 Å². The van der Waals surface area contributed by atoms with Crippen molar-refractivity contribution in [3.63, 3.8) is 0 Å². The highest BCUT2D eigenvalue weighted by atomic mass is 35.5. The van der Waals surface area contributed by atoms with Gasteiger partial charge in [0.05, 0.1) is 13.7 Å². The number of hydrogen-bond acceptors (Lipinski definition) is 5. The summed E-state index contributed by atoms with van der Waals surface area (Å²) in [5, 5.41) is 6.37. The molecule has 2 N–H and O–H groups in total. The lowest BCUT2D eigenvalue weighted by molar-refractivity contribution is -0.117. The maximum atomic E-state index is 12.2. The van der Waals surface area contributed by atoms with Crippen LogP contribution in [0.3, 0.4) is 0 Å². The van der Waals surface area contributed by atoms with Gasteiger partial charge in [0.1, 0.15) is 5.75 Å². The highest BCUT2D eigenvalue weighted by Crippen LogP contribution is 2.17. The second-order valence-corrected chi connectivity index (χ2v) is 6.24. The summed E-state index contributed by atoms with van der Waals surface area (Å²) in [6, 6.07) is 8.15. The number of amides is 1. The van der Waals surface area contributed by atoms with E-state index >= 15 is 0 Å². The molecular weight excluding hydrogens is 328 g/mol. The molecular formula is C17H27ClN4O2. The van der Waals surface area contributed by atoms with E-state index in [-0.39, 0.29) is 18.3 Å². The second kappa shape index (κ2) is 9.22. The molecule has 1 unspecified atom stereocenters. The van der Waals surface area contributed by atoms with E-state index in [1.807, 2.05) is 24.3 Å². The fraction of sp³-hybridized carbons (Fsp3) is 0.588. The third-order valence-corrected chi connectivity index (χ3v) is 4.68. The highest BCUT2D eigenvalue weighted by Gasteiger charge is 2.26. The van der Waals surface area contributed by atoms with E-state index in [1.54, 1.807) is 7.11 Å². The van der Waals surface area contributed by atoms with Gasteiger partial charge in [-0.3, -0.25) is 14.6 Å². The van der Waals surface area contributed by atoms with Gasteiger partial charge in [-0.05, 0) is 25.1 Å². The minimum Gasteiger partial charge on any atom is -0.497 e. The Morgan fingerprint density at radius 3 is 2.79 bits per heavy atom. The van der Waals surface area contributed by atoms with Crippen LogP contribution in [-0.2, 0) is 4.79 Å². The van der Waals surface area contributed by atoms with Crippen LogP contribution in [0.5, 0.6) is 5.75 Å². The van der Waals surface area contributed by atoms with Crippen molar-refractivity contribution >= 4 is 24.0 Å². The lowest BCUT2D eigenvalue weighted by Crippen LogP contribution is -2.52. The van der Waals surface area contributed by atoms with Gasteiger partial charge >= 0.3 is 0 Å². The Morgan fingerprint density at radius 1 is 1.33 bits per heavy atom. The summed E-state index contributed by atoms with van der Waals surface area (Å²) in [5.41, 5.74) is 0.782. The number of anilines is 1. The number of piperazine rings is 1. The largest absolute Gasteiger partial charge is 0.497 e. The molecule has 0 aromatic heterocycles. The molecule has 7 heteroatoms. The summed E-state index contributed by atoms with van der Waals surface area (Å²) in [7, 11) is 1.63. The van der Waals surface area contributed by atoms with E-state index < -0.39 is 0 Å². The lowest BCUT2D eigenvalue weighted by atomic mass is 10.2. The molecule has 0 aliphatic carbocycles. The summed E-state index contributed by atoms with van der Waals surface area (Å²) in [4.78, 5) is 17.0. The number of methoxy groups -OCH3 is 1. The molecule has 1 aromatic rings. The van der Waals surface area contributed by atoms with Crippen LogP contribution in [0.4, 0.5) is 5.69 Å². The quantitative estimate of drug-likeness (QED) is 0.827. The van der Waals surface area contributed by atoms with Gasteiger partial charge in [0.15, 0.2) is 0 Å². The number of hydrogen-bond donors (Lipinski definition) is 2. The molecule has 134 valence electrons. The molecule has 0 spiro atoms. The van der Waals surface area contributed by atoms with E-state index in [9.17, 15) is 4.79 Å². The SMILES string of the molecule is COc1cccc(NC(=O)CN2CCN(C3CCNC3)CC2)c1.Cl. The van der Waals surface area contributed by atoms with E-state index in [4.69, 9.17) is 4.74 Å². The fourth-order valence-corrected chi connectivity index (χ4v) is 3.34. The first-order valence-electron chi connectivity index (χ1n) is 8.35. The summed E-state index contributed by atoms with van der Waals surface area (Å²) < 4.78 is 5.17. The molecule has 1 amide bonds. The van der Waals surface area contributed by atoms with Gasteiger partial charge in [-0.15, -0.1) is 12.4 Å². The monoisotopic (exact) mass is 354 g/mol. The second-order valence-electron chi connectivity index (χ2n) is 6.24. The van der Waals surface area contributed by atoms with Crippen molar-refractivity contribution in [2.75, 3.05) is 58.2 Å². The maximum absolute atomic E-state index is 12.2. The molecule has 3 rings (SSSR count). The minimum absolute atomic E-state index is 0. The zero-order valence-electron chi connectivity index (χ0n) is 14.2. The number of carbonyl (C=O) groups excluding carboxylic acids is 1. The van der Waals surface area contributed by atoms with Crippen molar-refractivity contribution in [2.45, 2.75) is 12.5 Å². The molecule has 0 radical (unpaired) electrons. The van der Waals surface area contributed by atoms with E-state index in [0.717, 1.165) is 50.7 Å². The van der Waals surface area contributed by atoms with Crippen LogP contribution in [0.2, 0.25) is 0 Å². The van der Waals surface area contributed by atoms with E-state index in [2.05, 4.69) is 20.4 Å². The van der Waals surface area contributed by atoms with Gasteiger partial charge in [-0.2, -0.15) is 0 Å². The Morgan fingerprint density at radius 2 is 2.12 bits per heavy atom. The standard InChI is InChI=1S/C17H26N4O2.ClH/c1-23-16-4-2-3-14(11-16)19-17(22)13-20-7-9-21(10-8-20)15-5-6-18-12-15;/h2-4,11,15,18H,5-10,12-13H2,1H3,(H,19,22);1H. The number of nitrogens with zero attached hydrogens (tertiary/aromatic N) is 2. The molecule has 6 nitrogen and oxygen atoms in total. The number of nitrogens with one attached hydrogen (secondary N) is 2. The first kappa shape index (κ1) is 19.0. The van der Waals surface area contributed by atoms with Crippen LogP contribution >= 0.6 is 12.4 Å². The molecule has 0 bridgehead atoms. The smallest absolute Gasteiger partial charge is 0.238 e. The molecule has 0 saturated carbocycles. The van der Waals surface area contributed by atoms with E-state index in [1.165, 1.54) is 6.42 Å². The molecule has 2 heterocycles. The van der Waals surface area contributed by atoms with Crippen molar-refractivity contribution in [3.8, 4) is 5.75 Å². The van der Waals surface area contributed by atoms with Crippen LogP contribution in [0.15, 0.2) is 24.3 Å². The van der Waals surface area contributed by atoms with Gasteiger partial charge in [-0.1, -0.05) is 6.07 Å². The van der Waals surface area contributed by atoms with E-state index in [0.29, 0.717) is 12.6 Å². The molecule has 2 fully saturated rings. The predicted molar refractivity (Wildman–Crippen MR) is 98.2 cm³/mol. The molecule has 2 aliphatic heterocycles. The molecule has 24 heavy (non-hydrogen) atoms. The van der Waals surface area contributed by atoms with Crippen LogP contribution in [0.25, 0.3) is 0 Å². The van der Waals surface area contributed by atoms with Crippen LogP contribution in [0, 0.1) is 0 Å². The number of benzene rings is 1. The van der Waals surface area contributed by atoms with Crippen LogP contribution < -0.4 is 15.4 Å². The van der Waals surface area contributed by atoms with Gasteiger partial charge in [0.25, 0.3) is 0 Å². The van der Waals surface area contributed by atoms with Gasteiger partial charge in [0.2, 0.25) is 5.91 Å². The van der Waals surface area contributed by atoms with Crippen molar-refractivity contribution in [2.24, 2.45) is 0 Å². The summed E-state index contributed by atoms with van der Waals surface area (Å²) in [6.45, 7) is 6.72. The van der Waals surface area contributed by atoms with Crippen molar-refractivity contribution in [1.29, 1.82) is 0 Å². The lowest BCUT2D eigenvalue weighted by Gasteiger charge is -2.37. The molecule has 2 aliphatic rings. The predicted octanol–water partition coefficient (Wildman–Crippen LogP) is 1.03. The number of rotatable bonds is 5.